The number of nitrogens with zero attached hydrogens (tertiary/aromatic N) is 3. The molecule has 1 heterocycles. The molecule has 0 aliphatic heterocycles. The number of aromatic nitrogens is 2. The van der Waals surface area contributed by atoms with Crippen LogP contribution in [0.15, 0.2) is 24.3 Å². The summed E-state index contributed by atoms with van der Waals surface area (Å²) in [4.78, 5) is 8.11. The minimum atomic E-state index is -0.599. The van der Waals surface area contributed by atoms with Gasteiger partial charge < -0.3 is 5.32 Å². The first-order valence-electron chi connectivity index (χ1n) is 6.01. The lowest BCUT2D eigenvalue weighted by Gasteiger charge is -2.06. The number of hydrogen-bond acceptors (Lipinski definition) is 4. The molecule has 20 heavy (non-hydrogen) atoms. The minimum absolute atomic E-state index is 0.275. The van der Waals surface area contributed by atoms with Crippen molar-refractivity contribution in [3.8, 4) is 6.07 Å². The molecule has 102 valence electrons. The second-order valence-corrected chi connectivity index (χ2v) is 4.28. The molecule has 0 aliphatic rings. The predicted octanol–water partition coefficient (Wildman–Crippen LogP) is 2.59. The molecule has 4 nitrogen and oxygen atoms in total. The van der Waals surface area contributed by atoms with E-state index in [9.17, 15) is 8.78 Å². The zero-order chi connectivity index (χ0) is 14.5. The lowest BCUT2D eigenvalue weighted by atomic mass is 10.1. The number of aryl methyl sites for hydroxylation is 1. The van der Waals surface area contributed by atoms with Gasteiger partial charge >= 0.3 is 0 Å². The van der Waals surface area contributed by atoms with E-state index in [1.807, 2.05) is 6.07 Å². The van der Waals surface area contributed by atoms with Crippen LogP contribution in [0.1, 0.15) is 17.0 Å². The maximum absolute atomic E-state index is 13.0. The van der Waals surface area contributed by atoms with Crippen molar-refractivity contribution >= 4 is 5.95 Å². The van der Waals surface area contributed by atoms with Crippen molar-refractivity contribution in [3.63, 3.8) is 0 Å². The lowest BCUT2D eigenvalue weighted by Crippen LogP contribution is -2.09. The molecule has 2 aromatic rings. The van der Waals surface area contributed by atoms with Gasteiger partial charge in [0.1, 0.15) is 23.4 Å². The van der Waals surface area contributed by atoms with Crippen LogP contribution in [0.4, 0.5) is 14.7 Å². The summed E-state index contributed by atoms with van der Waals surface area (Å²) < 4.78 is 26.0. The van der Waals surface area contributed by atoms with Gasteiger partial charge in [-0.2, -0.15) is 5.26 Å². The van der Waals surface area contributed by atoms with E-state index >= 15 is 0 Å². The van der Waals surface area contributed by atoms with Crippen molar-refractivity contribution in [2.24, 2.45) is 0 Å². The van der Waals surface area contributed by atoms with Crippen LogP contribution in [0.3, 0.4) is 0 Å². The molecule has 0 aliphatic carbocycles. The molecule has 1 N–H and O–H groups in total. The molecule has 0 spiro atoms. The highest BCUT2D eigenvalue weighted by atomic mass is 19.1. The van der Waals surface area contributed by atoms with E-state index in [4.69, 9.17) is 5.26 Å². The highest BCUT2D eigenvalue weighted by Gasteiger charge is 2.03. The normalized spacial score (nSPS) is 10.1. The number of anilines is 1. The molecule has 1 aromatic heterocycles. The van der Waals surface area contributed by atoms with Crippen LogP contribution in [0.25, 0.3) is 0 Å². The van der Waals surface area contributed by atoms with Crippen molar-refractivity contribution in [2.45, 2.75) is 13.3 Å². The van der Waals surface area contributed by atoms with Gasteiger partial charge in [-0.15, -0.1) is 0 Å². The monoisotopic (exact) mass is 274 g/mol. The van der Waals surface area contributed by atoms with Gasteiger partial charge in [0.25, 0.3) is 0 Å². The lowest BCUT2D eigenvalue weighted by molar-refractivity contribution is 0.580. The molecule has 0 unspecified atom stereocenters. The van der Waals surface area contributed by atoms with E-state index < -0.39 is 11.6 Å². The number of benzene rings is 1. The Hall–Kier alpha value is -2.55. The van der Waals surface area contributed by atoms with E-state index in [2.05, 4.69) is 15.3 Å². The summed E-state index contributed by atoms with van der Waals surface area (Å²) in [6, 6.07) is 6.91. The predicted molar refractivity (Wildman–Crippen MR) is 70.0 cm³/mol. The molecular formula is C14H12F2N4. The van der Waals surface area contributed by atoms with Gasteiger partial charge in [0.05, 0.1) is 0 Å². The second kappa shape index (κ2) is 6.06. The molecule has 2 rings (SSSR count). The number of halogens is 2. The Bertz CT molecular complexity index is 644. The van der Waals surface area contributed by atoms with E-state index in [-0.39, 0.29) is 5.69 Å². The molecule has 0 bridgehead atoms. The van der Waals surface area contributed by atoms with Gasteiger partial charge in [-0.1, -0.05) is 0 Å². The molecule has 0 atom stereocenters. The molecule has 0 saturated heterocycles. The average molecular weight is 274 g/mol. The molecule has 6 heteroatoms. The minimum Gasteiger partial charge on any atom is -0.354 e. The third kappa shape index (κ3) is 3.72. The zero-order valence-corrected chi connectivity index (χ0v) is 10.8. The van der Waals surface area contributed by atoms with Gasteiger partial charge in [0, 0.05) is 18.3 Å². The Morgan fingerprint density at radius 2 is 1.85 bits per heavy atom. The number of nitriles is 1. The summed E-state index contributed by atoms with van der Waals surface area (Å²) in [5, 5.41) is 11.7. The second-order valence-electron chi connectivity index (χ2n) is 4.28. The Kier molecular flexibility index (Phi) is 4.20. The average Bonchev–Trinajstić information content (AvgIpc) is 2.37. The summed E-state index contributed by atoms with van der Waals surface area (Å²) in [5.41, 5.74) is 1.50. The molecule has 1 aromatic carbocycles. The van der Waals surface area contributed by atoms with Crippen molar-refractivity contribution in [2.75, 3.05) is 11.9 Å². The molecule has 0 amide bonds. The number of hydrogen-bond donors (Lipinski definition) is 1. The summed E-state index contributed by atoms with van der Waals surface area (Å²) in [5.74, 6) is -0.865. The van der Waals surface area contributed by atoms with Crippen molar-refractivity contribution < 1.29 is 8.78 Å². The fourth-order valence-corrected chi connectivity index (χ4v) is 1.78. The highest BCUT2D eigenvalue weighted by molar-refractivity contribution is 5.33. The molecular weight excluding hydrogens is 262 g/mol. The van der Waals surface area contributed by atoms with E-state index in [1.54, 1.807) is 13.0 Å². The third-order valence-corrected chi connectivity index (χ3v) is 2.59. The summed E-state index contributed by atoms with van der Waals surface area (Å²) in [6.45, 7) is 2.17. The molecule has 0 fully saturated rings. The van der Waals surface area contributed by atoms with E-state index in [0.29, 0.717) is 30.2 Å². The first-order valence-corrected chi connectivity index (χ1v) is 6.01. The highest BCUT2D eigenvalue weighted by Crippen LogP contribution is 2.09. The fourth-order valence-electron chi connectivity index (χ4n) is 1.78. The van der Waals surface area contributed by atoms with Gasteiger partial charge in [0.15, 0.2) is 0 Å². The summed E-state index contributed by atoms with van der Waals surface area (Å²) >= 11 is 0. The Morgan fingerprint density at radius 3 is 2.50 bits per heavy atom. The Labute approximate surface area is 115 Å². The van der Waals surface area contributed by atoms with E-state index in [1.165, 1.54) is 12.1 Å². The summed E-state index contributed by atoms with van der Waals surface area (Å²) in [6.07, 6.45) is 0.424. The fraction of sp³-hybridized carbons (Fsp3) is 0.214. The van der Waals surface area contributed by atoms with Gasteiger partial charge in [0.2, 0.25) is 5.95 Å². The zero-order valence-electron chi connectivity index (χ0n) is 10.8. The quantitative estimate of drug-likeness (QED) is 0.930. The standard InChI is InChI=1S/C14H12F2N4/c1-9-4-13(8-17)20-14(19-9)18-3-2-10-5-11(15)7-12(16)6-10/h4-7H,2-3H2,1H3,(H,18,19,20). The van der Waals surface area contributed by atoms with Crippen LogP contribution in [-0.2, 0) is 6.42 Å². The van der Waals surface area contributed by atoms with Gasteiger partial charge in [-0.25, -0.2) is 18.7 Å². The van der Waals surface area contributed by atoms with Crippen LogP contribution in [0.5, 0.6) is 0 Å². The van der Waals surface area contributed by atoms with Crippen LogP contribution in [0, 0.1) is 29.9 Å². The van der Waals surface area contributed by atoms with Gasteiger partial charge in [-0.05, 0) is 37.1 Å². The summed E-state index contributed by atoms with van der Waals surface area (Å²) in [7, 11) is 0. The maximum Gasteiger partial charge on any atom is 0.224 e. The SMILES string of the molecule is Cc1cc(C#N)nc(NCCc2cc(F)cc(F)c2)n1. The first kappa shape index (κ1) is 13.9. The first-order chi connectivity index (χ1) is 9.56. The number of nitrogens with one attached hydrogen (secondary N) is 1. The van der Waals surface area contributed by atoms with E-state index in [0.717, 1.165) is 6.07 Å². The Morgan fingerprint density at radius 1 is 1.15 bits per heavy atom. The van der Waals surface area contributed by atoms with Crippen molar-refractivity contribution in [3.05, 3.63) is 52.9 Å². The Balaban J connectivity index is 1.99. The van der Waals surface area contributed by atoms with Crippen LogP contribution >= 0.6 is 0 Å². The topological polar surface area (TPSA) is 61.6 Å². The third-order valence-electron chi connectivity index (χ3n) is 2.59. The van der Waals surface area contributed by atoms with Crippen LogP contribution < -0.4 is 5.32 Å². The van der Waals surface area contributed by atoms with Crippen LogP contribution in [-0.4, -0.2) is 16.5 Å². The smallest absolute Gasteiger partial charge is 0.224 e. The van der Waals surface area contributed by atoms with Gasteiger partial charge in [-0.3, -0.25) is 0 Å². The largest absolute Gasteiger partial charge is 0.354 e. The van der Waals surface area contributed by atoms with Crippen molar-refractivity contribution in [1.29, 1.82) is 5.26 Å². The maximum atomic E-state index is 13.0. The van der Waals surface area contributed by atoms with Crippen molar-refractivity contribution in [1.82, 2.24) is 9.97 Å². The number of rotatable bonds is 4. The molecule has 0 saturated carbocycles. The molecule has 0 radical (unpaired) electrons. The van der Waals surface area contributed by atoms with Crippen LogP contribution in [0.2, 0.25) is 0 Å².